The summed E-state index contributed by atoms with van der Waals surface area (Å²) >= 11 is 3.13. The topological polar surface area (TPSA) is 57.8 Å². The van der Waals surface area contributed by atoms with Gasteiger partial charge < -0.3 is 5.32 Å². The van der Waals surface area contributed by atoms with Crippen LogP contribution >= 0.6 is 15.9 Å². The van der Waals surface area contributed by atoms with Crippen LogP contribution in [0.5, 0.6) is 0 Å². The molecule has 0 aliphatic carbocycles. The molecule has 0 fully saturated rings. The van der Waals surface area contributed by atoms with E-state index in [0.29, 0.717) is 23.1 Å². The molecule has 0 spiro atoms. The zero-order chi connectivity index (χ0) is 9.68. The number of rotatable bonds is 3. The van der Waals surface area contributed by atoms with E-state index in [1.54, 1.807) is 0 Å². The summed E-state index contributed by atoms with van der Waals surface area (Å²) in [5.41, 5.74) is 0.393. The van der Waals surface area contributed by atoms with Gasteiger partial charge in [0.2, 0.25) is 0 Å². The van der Waals surface area contributed by atoms with Crippen molar-refractivity contribution in [3.05, 3.63) is 21.0 Å². The number of terminal acetylenes is 1. The lowest BCUT2D eigenvalue weighted by Gasteiger charge is -2.03. The minimum absolute atomic E-state index is 0.259. The van der Waals surface area contributed by atoms with E-state index in [1.165, 1.54) is 6.20 Å². The summed E-state index contributed by atoms with van der Waals surface area (Å²) in [6.45, 7) is 0.625. The van der Waals surface area contributed by atoms with Gasteiger partial charge in [0.15, 0.2) is 0 Å². The summed E-state index contributed by atoms with van der Waals surface area (Å²) < 4.78 is 0.444. The number of aromatic amines is 1. The highest BCUT2D eigenvalue weighted by Crippen LogP contribution is 2.14. The smallest absolute Gasteiger partial charge is 0.280 e. The number of anilines is 1. The minimum Gasteiger partial charge on any atom is -0.382 e. The third-order valence-corrected chi connectivity index (χ3v) is 2.17. The maximum absolute atomic E-state index is 11.0. The fourth-order valence-corrected chi connectivity index (χ4v) is 1.11. The molecule has 0 amide bonds. The van der Waals surface area contributed by atoms with Crippen molar-refractivity contribution >= 4 is 21.6 Å². The van der Waals surface area contributed by atoms with Gasteiger partial charge in [-0.05, 0) is 15.9 Å². The Morgan fingerprint density at radius 1 is 1.77 bits per heavy atom. The number of halogens is 1. The van der Waals surface area contributed by atoms with Crippen molar-refractivity contribution in [1.82, 2.24) is 10.2 Å². The van der Waals surface area contributed by atoms with Gasteiger partial charge in [-0.2, -0.15) is 5.10 Å². The van der Waals surface area contributed by atoms with Crippen LogP contribution in [-0.2, 0) is 0 Å². The average Bonchev–Trinajstić information content (AvgIpc) is 2.13. The molecule has 0 unspecified atom stereocenters. The molecule has 0 saturated heterocycles. The molecule has 5 heteroatoms. The molecule has 0 radical (unpaired) electrons. The van der Waals surface area contributed by atoms with Crippen molar-refractivity contribution in [2.45, 2.75) is 6.42 Å². The largest absolute Gasteiger partial charge is 0.382 e. The Balaban J connectivity index is 2.73. The Labute approximate surface area is 83.9 Å². The van der Waals surface area contributed by atoms with Crippen LogP contribution in [0.25, 0.3) is 0 Å². The van der Waals surface area contributed by atoms with Gasteiger partial charge in [0.25, 0.3) is 5.56 Å². The second-order valence-corrected chi connectivity index (χ2v) is 3.10. The molecule has 13 heavy (non-hydrogen) atoms. The van der Waals surface area contributed by atoms with Crippen molar-refractivity contribution in [1.29, 1.82) is 0 Å². The van der Waals surface area contributed by atoms with E-state index >= 15 is 0 Å². The van der Waals surface area contributed by atoms with Crippen molar-refractivity contribution in [3.8, 4) is 12.3 Å². The number of aromatic nitrogens is 2. The summed E-state index contributed by atoms with van der Waals surface area (Å²) in [7, 11) is 0. The van der Waals surface area contributed by atoms with Crippen LogP contribution in [0.1, 0.15) is 6.42 Å². The minimum atomic E-state index is -0.259. The Kier molecular flexibility index (Phi) is 3.53. The Morgan fingerprint density at radius 3 is 3.23 bits per heavy atom. The lowest BCUT2D eigenvalue weighted by atomic mass is 10.4. The van der Waals surface area contributed by atoms with Gasteiger partial charge in [-0.15, -0.1) is 12.3 Å². The summed E-state index contributed by atoms with van der Waals surface area (Å²) in [5.74, 6) is 2.49. The van der Waals surface area contributed by atoms with E-state index in [0.717, 1.165) is 0 Å². The van der Waals surface area contributed by atoms with Crippen LogP contribution in [0.2, 0.25) is 0 Å². The molecular weight excluding hydrogens is 234 g/mol. The highest BCUT2D eigenvalue weighted by molar-refractivity contribution is 9.10. The summed E-state index contributed by atoms with van der Waals surface area (Å²) in [6, 6.07) is 0. The van der Waals surface area contributed by atoms with E-state index < -0.39 is 0 Å². The predicted octanol–water partition coefficient (Wildman–Crippen LogP) is 0.968. The highest BCUT2D eigenvalue weighted by atomic mass is 79.9. The van der Waals surface area contributed by atoms with Crippen LogP contribution in [0.3, 0.4) is 0 Å². The molecule has 2 N–H and O–H groups in total. The molecule has 0 aromatic carbocycles. The molecule has 0 saturated carbocycles. The molecule has 1 aromatic rings. The number of H-pyrrole nitrogens is 1. The summed E-state index contributed by atoms with van der Waals surface area (Å²) in [6.07, 6.45) is 7.22. The van der Waals surface area contributed by atoms with Gasteiger partial charge in [-0.25, -0.2) is 5.10 Å². The fraction of sp³-hybridized carbons (Fsp3) is 0.250. The van der Waals surface area contributed by atoms with E-state index in [2.05, 4.69) is 37.4 Å². The Morgan fingerprint density at radius 2 is 2.54 bits per heavy atom. The third-order valence-electron chi connectivity index (χ3n) is 1.38. The van der Waals surface area contributed by atoms with Crippen LogP contribution in [0.15, 0.2) is 15.5 Å². The van der Waals surface area contributed by atoms with Crippen molar-refractivity contribution in [3.63, 3.8) is 0 Å². The predicted molar refractivity (Wildman–Crippen MR) is 54.5 cm³/mol. The fourth-order valence-electron chi connectivity index (χ4n) is 0.776. The Hall–Kier alpha value is -1.28. The maximum atomic E-state index is 11.0. The lowest BCUT2D eigenvalue weighted by molar-refractivity contribution is 0.969. The van der Waals surface area contributed by atoms with E-state index in [4.69, 9.17) is 6.42 Å². The zero-order valence-corrected chi connectivity index (χ0v) is 8.39. The second kappa shape index (κ2) is 4.67. The van der Waals surface area contributed by atoms with Gasteiger partial charge in [0.05, 0.1) is 11.9 Å². The normalized spacial score (nSPS) is 9.23. The molecule has 4 nitrogen and oxygen atoms in total. The summed E-state index contributed by atoms with van der Waals surface area (Å²) in [5, 5.41) is 8.92. The van der Waals surface area contributed by atoms with Gasteiger partial charge in [-0.3, -0.25) is 4.79 Å². The SMILES string of the molecule is C#CCCNc1cn[nH]c(=O)c1Br. The number of nitrogens with zero attached hydrogens (tertiary/aromatic N) is 1. The number of hydrogen-bond donors (Lipinski definition) is 2. The van der Waals surface area contributed by atoms with Crippen LogP contribution in [0, 0.1) is 12.3 Å². The van der Waals surface area contributed by atoms with Gasteiger partial charge >= 0.3 is 0 Å². The highest BCUT2D eigenvalue weighted by Gasteiger charge is 2.01. The number of nitrogens with one attached hydrogen (secondary N) is 2. The first-order valence-corrected chi connectivity index (χ1v) is 4.45. The standard InChI is InChI=1S/C8H8BrN3O/c1-2-3-4-10-6-5-11-12-8(13)7(6)9/h1,5H,3-4H2,(H2,10,12,13). The first-order chi connectivity index (χ1) is 6.25. The van der Waals surface area contributed by atoms with Gasteiger partial charge in [0.1, 0.15) is 4.47 Å². The quantitative estimate of drug-likeness (QED) is 0.613. The van der Waals surface area contributed by atoms with Crippen molar-refractivity contribution in [2.24, 2.45) is 0 Å². The van der Waals surface area contributed by atoms with Crippen molar-refractivity contribution in [2.75, 3.05) is 11.9 Å². The molecule has 0 aliphatic rings. The first kappa shape index (κ1) is 9.81. The summed E-state index contributed by atoms with van der Waals surface area (Å²) in [4.78, 5) is 11.0. The Bertz CT molecular complexity index is 380. The monoisotopic (exact) mass is 241 g/mol. The molecule has 68 valence electrons. The first-order valence-electron chi connectivity index (χ1n) is 3.66. The van der Waals surface area contributed by atoms with Gasteiger partial charge in [0, 0.05) is 13.0 Å². The van der Waals surface area contributed by atoms with E-state index in [-0.39, 0.29) is 5.56 Å². The molecule has 0 atom stereocenters. The van der Waals surface area contributed by atoms with Crippen LogP contribution in [-0.4, -0.2) is 16.7 Å². The lowest BCUT2D eigenvalue weighted by Crippen LogP contribution is -2.12. The molecule has 1 rings (SSSR count). The number of hydrogen-bond acceptors (Lipinski definition) is 3. The van der Waals surface area contributed by atoms with Crippen LogP contribution < -0.4 is 10.9 Å². The molecule has 0 bridgehead atoms. The maximum Gasteiger partial charge on any atom is 0.280 e. The zero-order valence-electron chi connectivity index (χ0n) is 6.80. The average molecular weight is 242 g/mol. The van der Waals surface area contributed by atoms with E-state index in [9.17, 15) is 4.79 Å². The van der Waals surface area contributed by atoms with Crippen LogP contribution in [0.4, 0.5) is 5.69 Å². The third kappa shape index (κ3) is 2.60. The molecule has 1 aromatic heterocycles. The van der Waals surface area contributed by atoms with Crippen molar-refractivity contribution < 1.29 is 0 Å². The second-order valence-electron chi connectivity index (χ2n) is 2.31. The molecule has 1 heterocycles. The van der Waals surface area contributed by atoms with E-state index in [1.807, 2.05) is 0 Å². The molecular formula is C8H8BrN3O. The van der Waals surface area contributed by atoms with Gasteiger partial charge in [-0.1, -0.05) is 0 Å². The molecule has 0 aliphatic heterocycles.